The predicted octanol–water partition coefficient (Wildman–Crippen LogP) is -1.18. The Labute approximate surface area is 322 Å². The number of amides is 3. The van der Waals surface area contributed by atoms with Gasteiger partial charge in [-0.2, -0.15) is 0 Å². The molecule has 1 saturated heterocycles. The van der Waals surface area contributed by atoms with Crippen LogP contribution in [0.2, 0.25) is 5.02 Å². The van der Waals surface area contributed by atoms with Gasteiger partial charge in [0.1, 0.15) is 17.5 Å². The van der Waals surface area contributed by atoms with Crippen molar-refractivity contribution in [3.05, 3.63) is 115 Å². The Morgan fingerprint density at radius 2 is 1.71 bits per heavy atom. The molecule has 0 aliphatic carbocycles. The number of rotatable bonds is 8. The predicted molar refractivity (Wildman–Crippen MR) is 176 cm³/mol. The summed E-state index contributed by atoms with van der Waals surface area (Å²) in [5.41, 5.74) is -1.86. The van der Waals surface area contributed by atoms with E-state index in [0.29, 0.717) is 10.1 Å². The fourth-order valence-corrected chi connectivity index (χ4v) is 7.22. The number of halogens is 2. The molecule has 2 aliphatic rings. The van der Waals surface area contributed by atoms with Crippen LogP contribution in [0, 0.1) is 0 Å². The van der Waals surface area contributed by atoms with Crippen LogP contribution in [0.25, 0.3) is 16.7 Å². The van der Waals surface area contributed by atoms with E-state index in [0.717, 1.165) is 23.8 Å². The van der Waals surface area contributed by atoms with Gasteiger partial charge in [-0.05, 0) is 29.8 Å². The van der Waals surface area contributed by atoms with E-state index in [2.05, 4.69) is 15.4 Å². The molecular formula is C32H21Cl2N4NaO11S. The van der Waals surface area contributed by atoms with E-state index in [1.165, 1.54) is 36.4 Å². The molecule has 3 aromatic carbocycles. The van der Waals surface area contributed by atoms with Crippen molar-refractivity contribution in [3.63, 3.8) is 0 Å². The molecule has 0 radical (unpaired) electrons. The van der Waals surface area contributed by atoms with Gasteiger partial charge in [0, 0.05) is 5.75 Å². The van der Waals surface area contributed by atoms with Crippen LogP contribution in [-0.2, 0) is 19.1 Å². The number of aliphatic carboxylic acids is 1. The zero-order chi connectivity index (χ0) is 35.9. The van der Waals surface area contributed by atoms with E-state index in [9.17, 15) is 38.7 Å². The van der Waals surface area contributed by atoms with Crippen LogP contribution in [0.5, 0.6) is 5.75 Å². The summed E-state index contributed by atoms with van der Waals surface area (Å²) in [6.45, 7) is 0. The Kier molecular flexibility index (Phi) is 11.3. The average molecular weight is 764 g/mol. The van der Waals surface area contributed by atoms with E-state index >= 15 is 0 Å². The molecule has 19 heteroatoms. The molecule has 0 bridgehead atoms. The van der Waals surface area contributed by atoms with Crippen molar-refractivity contribution in [1.29, 1.82) is 0 Å². The molecule has 0 spiro atoms. The number of ether oxygens (including phenoxy) is 2. The van der Waals surface area contributed by atoms with Gasteiger partial charge in [0.05, 0.1) is 45.5 Å². The van der Waals surface area contributed by atoms with Gasteiger partial charge in [-0.1, -0.05) is 65.7 Å². The van der Waals surface area contributed by atoms with Gasteiger partial charge in [0.15, 0.2) is 11.3 Å². The first kappa shape index (κ1) is 37.7. The van der Waals surface area contributed by atoms with Gasteiger partial charge in [0.25, 0.3) is 17.4 Å². The molecule has 6 rings (SSSR count). The number of nitrogens with one attached hydrogen (secondary N) is 2. The summed E-state index contributed by atoms with van der Waals surface area (Å²) < 4.78 is 15.3. The van der Waals surface area contributed by atoms with Crippen molar-refractivity contribution in [2.24, 2.45) is 0 Å². The number of hydrogen-bond acceptors (Lipinski definition) is 12. The van der Waals surface area contributed by atoms with Crippen molar-refractivity contribution in [1.82, 2.24) is 20.1 Å². The molecule has 1 fully saturated rings. The Morgan fingerprint density at radius 1 is 1.00 bits per heavy atom. The molecule has 3 heterocycles. The van der Waals surface area contributed by atoms with E-state index in [1.807, 2.05) is 0 Å². The molecule has 4 aromatic rings. The minimum absolute atomic E-state index is 0. The maximum absolute atomic E-state index is 13.7. The third-order valence-electron chi connectivity index (χ3n) is 7.69. The van der Waals surface area contributed by atoms with Crippen LogP contribution in [0.1, 0.15) is 22.0 Å². The van der Waals surface area contributed by atoms with Crippen molar-refractivity contribution < 1.29 is 72.5 Å². The van der Waals surface area contributed by atoms with Gasteiger partial charge in [-0.25, -0.2) is 14.2 Å². The zero-order valence-corrected chi connectivity index (χ0v) is 30.7. The number of β-lactam (4-membered cyclic amide) rings is 1. The van der Waals surface area contributed by atoms with Crippen LogP contribution >= 0.6 is 35.0 Å². The first-order valence-corrected chi connectivity index (χ1v) is 16.2. The maximum Gasteiger partial charge on any atom is 1.00 e. The molecule has 15 nitrogen and oxygen atoms in total. The Hall–Kier alpha value is -4.58. The SMILES string of the molecule is COC(=O)Oc1cccc2c(=O)n(-c3cccc(C(=O)N[C@@H](C(=O)N[C@@H]4C(=O)N5C(C(=O)[O-])=C(Cl)CS[C@H]45)c4ccccc4)c3Cl)c(=O)oc12.[Na+]. The fraction of sp³-hybridized carbons (Fsp3) is 0.156. The second-order valence-electron chi connectivity index (χ2n) is 10.6. The average Bonchev–Trinajstić information content (AvgIpc) is 3.10. The summed E-state index contributed by atoms with van der Waals surface area (Å²) in [7, 11) is 1.07. The summed E-state index contributed by atoms with van der Waals surface area (Å²) in [6.07, 6.45) is -1.12. The smallest absolute Gasteiger partial charge is 0.543 e. The molecule has 2 N–H and O–H groups in total. The maximum atomic E-state index is 13.7. The number of fused-ring (bicyclic) bond motifs is 2. The molecule has 1 aromatic heterocycles. The topological polar surface area (TPSA) is 206 Å². The Balaban J connectivity index is 0.00000504. The number of methoxy groups -OCH3 is 1. The number of carbonyl (C=O) groups is 5. The van der Waals surface area contributed by atoms with E-state index in [1.54, 1.807) is 30.3 Å². The van der Waals surface area contributed by atoms with Gasteiger partial charge in [0.2, 0.25) is 5.91 Å². The summed E-state index contributed by atoms with van der Waals surface area (Å²) in [5.74, 6) is -5.46. The number of carbonyl (C=O) groups excluding carboxylic acids is 5. The van der Waals surface area contributed by atoms with Crippen LogP contribution in [0.4, 0.5) is 4.79 Å². The normalized spacial score (nSPS) is 17.0. The first-order chi connectivity index (χ1) is 23.9. The molecule has 2 aliphatic heterocycles. The monoisotopic (exact) mass is 762 g/mol. The van der Waals surface area contributed by atoms with Gasteiger partial charge in [-0.15, -0.1) is 11.8 Å². The van der Waals surface area contributed by atoms with Crippen molar-refractivity contribution in [2.45, 2.75) is 17.5 Å². The Morgan fingerprint density at radius 3 is 2.39 bits per heavy atom. The number of carboxylic acid groups (broad SMARTS) is 1. The summed E-state index contributed by atoms with van der Waals surface area (Å²) in [6, 6.07) is 13.4. The summed E-state index contributed by atoms with van der Waals surface area (Å²) in [4.78, 5) is 91.2. The number of nitrogens with zero attached hydrogens (tertiary/aromatic N) is 2. The molecule has 0 unspecified atom stereocenters. The van der Waals surface area contributed by atoms with Crippen molar-refractivity contribution in [3.8, 4) is 11.4 Å². The van der Waals surface area contributed by atoms with Gasteiger partial charge in [-0.3, -0.25) is 24.1 Å². The minimum Gasteiger partial charge on any atom is -0.543 e. The third-order valence-corrected chi connectivity index (χ3v) is 9.84. The molecule has 3 amide bonds. The minimum atomic E-state index is -1.63. The quantitative estimate of drug-likeness (QED) is 0.0942. The van der Waals surface area contributed by atoms with Crippen LogP contribution in [0.3, 0.4) is 0 Å². The first-order valence-electron chi connectivity index (χ1n) is 14.4. The number of hydrogen-bond donors (Lipinski definition) is 2. The largest absolute Gasteiger partial charge is 1.00 e. The fourth-order valence-electron chi connectivity index (χ4n) is 5.38. The molecule has 256 valence electrons. The number of aromatic nitrogens is 1. The number of thioether (sulfide) groups is 1. The second kappa shape index (κ2) is 15.3. The van der Waals surface area contributed by atoms with E-state index < -0.39 is 64.3 Å². The molecular weight excluding hydrogens is 742 g/mol. The van der Waals surface area contributed by atoms with Gasteiger partial charge < -0.3 is 34.4 Å². The zero-order valence-electron chi connectivity index (χ0n) is 26.3. The van der Waals surface area contributed by atoms with E-state index in [-0.39, 0.29) is 73.3 Å². The van der Waals surface area contributed by atoms with Crippen LogP contribution < -0.4 is 61.3 Å². The number of carboxylic acids is 1. The Bertz CT molecular complexity index is 2260. The number of benzene rings is 3. The van der Waals surface area contributed by atoms with E-state index in [4.69, 9.17) is 32.4 Å². The van der Waals surface area contributed by atoms with Crippen molar-refractivity contribution in [2.75, 3.05) is 12.9 Å². The van der Waals surface area contributed by atoms with Crippen LogP contribution in [-0.4, -0.2) is 63.6 Å². The molecule has 0 saturated carbocycles. The number of para-hydroxylation sites is 1. The van der Waals surface area contributed by atoms with Gasteiger partial charge >= 0.3 is 41.5 Å². The van der Waals surface area contributed by atoms with Crippen molar-refractivity contribution >= 4 is 75.8 Å². The third kappa shape index (κ3) is 7.02. The van der Waals surface area contributed by atoms with Crippen LogP contribution in [0.15, 0.2) is 91.5 Å². The second-order valence-corrected chi connectivity index (χ2v) is 12.5. The molecule has 51 heavy (non-hydrogen) atoms. The summed E-state index contributed by atoms with van der Waals surface area (Å²) in [5, 5.41) is 15.4. The summed E-state index contributed by atoms with van der Waals surface area (Å²) >= 11 is 13.8. The standard InChI is InChI=1S/C32H22Cl2N4O11S.Na/c1-47-32(46)48-19-12-6-10-16-24(19)49-31(45)37(27(16)41)18-11-5-9-15(20(18)34)25(39)35-21(14-7-3-2-4-8-14)26(40)36-22-28(42)38-23(30(43)44)17(33)13-50-29(22)38;/h2-12,21-22,29H,13H2,1H3,(H,35,39)(H,36,40)(H,43,44);/q;+1/p-1/t21-,22-,29-;/m1./s1. The molecule has 3 atom stereocenters.